The largest absolute Gasteiger partial charge is 0.464 e. The van der Waals surface area contributed by atoms with Gasteiger partial charge in [0.05, 0.1) is 6.61 Å². The maximum absolute atomic E-state index is 11.7. The first-order valence-electron chi connectivity index (χ1n) is 4.93. The molecule has 0 bridgehead atoms. The summed E-state index contributed by atoms with van der Waals surface area (Å²) in [6.45, 7) is 4.13. The normalized spacial score (nSPS) is 25.8. The Kier molecular flexibility index (Phi) is 5.17. The van der Waals surface area contributed by atoms with Gasteiger partial charge in [-0.15, -0.1) is 0 Å². The molecule has 1 fully saturated rings. The molecule has 1 heterocycles. The number of carbonyl (C=O) groups excluding carboxylic acids is 2. The second-order valence-corrected chi connectivity index (χ2v) is 5.07. The Hall–Kier alpha value is 0.0200. The Bertz CT molecular complexity index is 262. The molecule has 4 nitrogen and oxygen atoms in total. The molecule has 6 heteroatoms. The highest BCUT2D eigenvalue weighted by atomic mass is 127. The van der Waals surface area contributed by atoms with Crippen LogP contribution in [0.15, 0.2) is 0 Å². The average Bonchev–Trinajstić information content (AvgIpc) is 2.54. The summed E-state index contributed by atoms with van der Waals surface area (Å²) in [5, 5.41) is 0. The van der Waals surface area contributed by atoms with Crippen molar-refractivity contribution in [2.24, 2.45) is 5.92 Å². The summed E-state index contributed by atoms with van der Waals surface area (Å²) < 4.78 is 6.52. The molecule has 0 saturated carbocycles. The number of nitrogens with zero attached hydrogens (tertiary/aromatic N) is 1. The second-order valence-electron chi connectivity index (χ2n) is 3.36. The molecule has 86 valence electrons. The highest BCUT2D eigenvalue weighted by Gasteiger charge is 2.44. The van der Waals surface area contributed by atoms with Crippen LogP contribution in [-0.2, 0) is 14.3 Å². The van der Waals surface area contributed by atoms with Crippen LogP contribution >= 0.6 is 30.3 Å². The van der Waals surface area contributed by atoms with Crippen LogP contribution in [0.3, 0.4) is 0 Å². The summed E-state index contributed by atoms with van der Waals surface area (Å²) >= 11 is 2.02. The lowest BCUT2D eigenvalue weighted by molar-refractivity contribution is -0.149. The highest BCUT2D eigenvalue weighted by Crippen LogP contribution is 2.36. The summed E-state index contributed by atoms with van der Waals surface area (Å²) in [5.41, 5.74) is 0. The Labute approximate surface area is 106 Å². The van der Waals surface area contributed by atoms with E-state index in [0.717, 1.165) is 6.42 Å². The van der Waals surface area contributed by atoms with Crippen molar-refractivity contribution in [2.75, 3.05) is 6.61 Å². The minimum Gasteiger partial charge on any atom is -0.464 e. The van der Waals surface area contributed by atoms with Crippen LogP contribution in [0.4, 0.5) is 0 Å². The zero-order valence-electron chi connectivity index (χ0n) is 8.73. The molecule has 0 aromatic rings. The van der Waals surface area contributed by atoms with Gasteiger partial charge in [0, 0.05) is 36.7 Å². The molecule has 0 aliphatic carbocycles. The fourth-order valence-corrected chi connectivity index (χ4v) is 3.63. The van der Waals surface area contributed by atoms with Crippen LogP contribution < -0.4 is 0 Å². The van der Waals surface area contributed by atoms with Crippen molar-refractivity contribution in [1.29, 1.82) is 0 Å². The molecule has 0 aromatic carbocycles. The lowest BCUT2D eigenvalue weighted by atomic mass is 9.98. The Morgan fingerprint density at radius 3 is 2.80 bits per heavy atom. The zero-order chi connectivity index (χ0) is 11.4. The van der Waals surface area contributed by atoms with Gasteiger partial charge in [-0.2, -0.15) is 0 Å². The van der Waals surface area contributed by atoms with Gasteiger partial charge >= 0.3 is 5.97 Å². The van der Waals surface area contributed by atoms with Crippen molar-refractivity contribution in [3.05, 3.63) is 0 Å². The van der Waals surface area contributed by atoms with Gasteiger partial charge in [-0.25, -0.2) is 4.79 Å². The van der Waals surface area contributed by atoms with Gasteiger partial charge in [-0.3, -0.25) is 9.10 Å². The summed E-state index contributed by atoms with van der Waals surface area (Å²) in [6, 6.07) is -0.399. The van der Waals surface area contributed by atoms with Crippen LogP contribution in [0.25, 0.3) is 0 Å². The van der Waals surface area contributed by atoms with Gasteiger partial charge < -0.3 is 4.74 Å². The first-order chi connectivity index (χ1) is 7.15. The van der Waals surface area contributed by atoms with Crippen molar-refractivity contribution in [3.63, 3.8) is 0 Å². The zero-order valence-corrected chi connectivity index (χ0v) is 11.7. The molecule has 1 amide bonds. The predicted molar refractivity (Wildman–Crippen MR) is 67.3 cm³/mol. The second kappa shape index (κ2) is 5.93. The molecule has 1 unspecified atom stereocenters. The summed E-state index contributed by atoms with van der Waals surface area (Å²) in [7, 11) is 1.27. The van der Waals surface area contributed by atoms with Crippen molar-refractivity contribution >= 4 is 42.2 Å². The van der Waals surface area contributed by atoms with E-state index in [1.807, 2.05) is 28.1 Å². The van der Waals surface area contributed by atoms with Crippen LogP contribution in [-0.4, -0.2) is 28.8 Å². The number of carbonyl (C=O) groups is 2. The lowest BCUT2D eigenvalue weighted by Crippen LogP contribution is -2.37. The van der Waals surface area contributed by atoms with Crippen LogP contribution in [0.1, 0.15) is 26.7 Å². The molecule has 2 atom stereocenters. The number of hydrogen-bond donors (Lipinski definition) is 0. The average molecular weight is 343 g/mol. The third-order valence-corrected chi connectivity index (χ3v) is 4.36. The predicted octanol–water partition coefficient (Wildman–Crippen LogP) is 2.17. The monoisotopic (exact) mass is 343 g/mol. The third kappa shape index (κ3) is 2.77. The minimum absolute atomic E-state index is 0.0271. The molecule has 1 saturated heterocycles. The van der Waals surface area contributed by atoms with Gasteiger partial charge in [-0.1, -0.05) is 13.3 Å². The standard InChI is InChI=1S/C9H14INO3S/c1-3-6-5-7(12)11(15-10)8(6)9(13)14-4-2/h6,8H,3-5H2,1-2H3/t6?,8-/m1/s1. The molecule has 1 rings (SSSR count). The quantitative estimate of drug-likeness (QED) is 0.446. The molecule has 15 heavy (non-hydrogen) atoms. The lowest BCUT2D eigenvalue weighted by Gasteiger charge is -2.22. The first-order valence-corrected chi connectivity index (χ1v) is 8.24. The van der Waals surface area contributed by atoms with E-state index in [4.69, 9.17) is 4.74 Å². The minimum atomic E-state index is -0.399. The first kappa shape index (κ1) is 13.1. The summed E-state index contributed by atoms with van der Waals surface area (Å²) in [6.07, 6.45) is 1.28. The van der Waals surface area contributed by atoms with E-state index < -0.39 is 6.04 Å². The van der Waals surface area contributed by atoms with E-state index in [9.17, 15) is 9.59 Å². The van der Waals surface area contributed by atoms with Gasteiger partial charge in [-0.05, 0) is 12.8 Å². The van der Waals surface area contributed by atoms with Crippen molar-refractivity contribution in [1.82, 2.24) is 4.31 Å². The molecule has 0 spiro atoms. The molecule has 1 aliphatic rings. The molecule has 0 aromatic heterocycles. The summed E-state index contributed by atoms with van der Waals surface area (Å²) in [5.74, 6) is -0.155. The topological polar surface area (TPSA) is 46.6 Å². The maximum Gasteiger partial charge on any atom is 0.330 e. The van der Waals surface area contributed by atoms with Gasteiger partial charge in [0.15, 0.2) is 0 Å². The van der Waals surface area contributed by atoms with E-state index in [2.05, 4.69) is 0 Å². The van der Waals surface area contributed by atoms with E-state index in [0.29, 0.717) is 13.0 Å². The number of rotatable bonds is 4. The third-order valence-electron chi connectivity index (χ3n) is 2.51. The van der Waals surface area contributed by atoms with E-state index in [1.165, 1.54) is 13.4 Å². The van der Waals surface area contributed by atoms with Gasteiger partial charge in [0.1, 0.15) is 6.04 Å². The molecular weight excluding hydrogens is 329 g/mol. The van der Waals surface area contributed by atoms with Crippen molar-refractivity contribution in [2.45, 2.75) is 32.7 Å². The highest BCUT2D eigenvalue weighted by molar-refractivity contribution is 14.2. The van der Waals surface area contributed by atoms with Gasteiger partial charge in [0.2, 0.25) is 5.91 Å². The fourth-order valence-electron chi connectivity index (χ4n) is 1.74. The van der Waals surface area contributed by atoms with Crippen LogP contribution in [0.2, 0.25) is 0 Å². The smallest absolute Gasteiger partial charge is 0.330 e. The number of esters is 1. The van der Waals surface area contributed by atoms with E-state index in [-0.39, 0.29) is 17.8 Å². The fraction of sp³-hybridized carbons (Fsp3) is 0.778. The molecule has 0 radical (unpaired) electrons. The van der Waals surface area contributed by atoms with Crippen LogP contribution in [0.5, 0.6) is 0 Å². The number of hydrogen-bond acceptors (Lipinski definition) is 4. The Balaban J connectivity index is 2.79. The number of halogens is 1. The summed E-state index contributed by atoms with van der Waals surface area (Å²) in [4.78, 5) is 23.3. The molecule has 0 N–H and O–H groups in total. The van der Waals surface area contributed by atoms with Crippen molar-refractivity contribution in [3.8, 4) is 0 Å². The van der Waals surface area contributed by atoms with E-state index in [1.54, 1.807) is 6.92 Å². The van der Waals surface area contributed by atoms with Crippen LogP contribution in [0, 0.1) is 5.92 Å². The molecular formula is C9H14INO3S. The maximum atomic E-state index is 11.7. The van der Waals surface area contributed by atoms with E-state index >= 15 is 0 Å². The van der Waals surface area contributed by atoms with Crippen molar-refractivity contribution < 1.29 is 14.3 Å². The number of amides is 1. The van der Waals surface area contributed by atoms with Gasteiger partial charge in [0.25, 0.3) is 0 Å². The number of ether oxygens (including phenoxy) is 1. The Morgan fingerprint density at radius 1 is 1.67 bits per heavy atom. The molecule has 1 aliphatic heterocycles. The Morgan fingerprint density at radius 2 is 2.33 bits per heavy atom. The SMILES string of the molecule is CCOC(=O)[C@H]1C(CC)CC(=O)N1SI.